The maximum Gasteiger partial charge on any atom is 0.356 e. The Balaban J connectivity index is 2.03. The van der Waals surface area contributed by atoms with E-state index in [1.54, 1.807) is 16.0 Å². The molecule has 0 spiro atoms. The van der Waals surface area contributed by atoms with Gasteiger partial charge in [0.2, 0.25) is 0 Å². The first-order valence-electron chi connectivity index (χ1n) is 7.14. The monoisotopic (exact) mass is 310 g/mol. The Labute approximate surface area is 131 Å². The normalized spacial score (nSPS) is 12.8. The zero-order valence-corrected chi connectivity index (χ0v) is 12.9. The maximum atomic E-state index is 11.6. The van der Waals surface area contributed by atoms with E-state index in [4.69, 9.17) is 0 Å². The van der Waals surface area contributed by atoms with Crippen molar-refractivity contribution in [2.45, 2.75) is 19.8 Å². The third-order valence-electron chi connectivity index (χ3n) is 4.03. The van der Waals surface area contributed by atoms with Gasteiger partial charge < -0.3 is 5.11 Å². The molecule has 5 heteroatoms. The number of hydrogen-bond donors (Lipinski definition) is 1. The summed E-state index contributed by atoms with van der Waals surface area (Å²) in [5, 5.41) is 15.9. The van der Waals surface area contributed by atoms with Crippen molar-refractivity contribution in [3.63, 3.8) is 0 Å². The first-order chi connectivity index (χ1) is 10.6. The molecule has 0 saturated heterocycles. The number of rotatable bonds is 2. The standard InChI is InChI=1S/C17H14N2O2S/c1-10-3-2-4-11(9-10)19-16-12-7-8-22-14(12)6-5-13(16)15(18-19)17(20)21/h2-4,7-9H,5-6H2,1H3,(H,20,21). The van der Waals surface area contributed by atoms with Gasteiger partial charge in [0.05, 0.1) is 11.4 Å². The molecule has 0 atom stereocenters. The molecule has 0 amide bonds. The Bertz CT molecular complexity index is 892. The van der Waals surface area contributed by atoms with Crippen molar-refractivity contribution in [1.29, 1.82) is 0 Å². The average Bonchev–Trinajstić information content (AvgIpc) is 3.10. The number of carboxylic acid groups (broad SMARTS) is 1. The van der Waals surface area contributed by atoms with Crippen LogP contribution < -0.4 is 0 Å². The van der Waals surface area contributed by atoms with Crippen LogP contribution in [0.25, 0.3) is 16.9 Å². The van der Waals surface area contributed by atoms with Crippen LogP contribution in [0.1, 0.15) is 26.5 Å². The number of aromatic nitrogens is 2. The molecule has 0 radical (unpaired) electrons. The minimum absolute atomic E-state index is 0.174. The van der Waals surface area contributed by atoms with Gasteiger partial charge in [0.15, 0.2) is 5.69 Å². The van der Waals surface area contributed by atoms with Crippen LogP contribution in [0, 0.1) is 6.92 Å². The maximum absolute atomic E-state index is 11.6. The van der Waals surface area contributed by atoms with Crippen LogP contribution in [0.15, 0.2) is 35.7 Å². The number of carbonyl (C=O) groups is 1. The number of hydrogen-bond acceptors (Lipinski definition) is 3. The number of nitrogens with zero attached hydrogens (tertiary/aromatic N) is 2. The first-order valence-corrected chi connectivity index (χ1v) is 8.02. The Kier molecular flexibility index (Phi) is 2.90. The molecular formula is C17H14N2O2S. The summed E-state index contributed by atoms with van der Waals surface area (Å²) in [5.41, 5.74) is 5.11. The predicted molar refractivity (Wildman–Crippen MR) is 86.0 cm³/mol. The van der Waals surface area contributed by atoms with Gasteiger partial charge in [0, 0.05) is 16.0 Å². The fourth-order valence-electron chi connectivity index (χ4n) is 3.07. The second kappa shape index (κ2) is 4.81. The van der Waals surface area contributed by atoms with Gasteiger partial charge in [-0.3, -0.25) is 0 Å². The molecule has 4 rings (SSSR count). The summed E-state index contributed by atoms with van der Waals surface area (Å²) in [6, 6.07) is 10.0. The van der Waals surface area contributed by atoms with Crippen LogP contribution in [0.4, 0.5) is 0 Å². The minimum Gasteiger partial charge on any atom is -0.476 e. The summed E-state index contributed by atoms with van der Waals surface area (Å²) < 4.78 is 1.79. The van der Waals surface area contributed by atoms with Gasteiger partial charge >= 0.3 is 5.97 Å². The summed E-state index contributed by atoms with van der Waals surface area (Å²) in [4.78, 5) is 12.9. The zero-order chi connectivity index (χ0) is 15.3. The minimum atomic E-state index is -0.957. The highest BCUT2D eigenvalue weighted by Gasteiger charge is 2.29. The molecule has 22 heavy (non-hydrogen) atoms. The van der Waals surface area contributed by atoms with Gasteiger partial charge in [-0.1, -0.05) is 12.1 Å². The second-order valence-corrected chi connectivity index (χ2v) is 6.49. The smallest absolute Gasteiger partial charge is 0.356 e. The van der Waals surface area contributed by atoms with Gasteiger partial charge in [-0.15, -0.1) is 11.3 Å². The van der Waals surface area contributed by atoms with Crippen molar-refractivity contribution < 1.29 is 9.90 Å². The summed E-state index contributed by atoms with van der Waals surface area (Å²) in [7, 11) is 0. The molecule has 3 aromatic rings. The zero-order valence-electron chi connectivity index (χ0n) is 12.0. The van der Waals surface area contributed by atoms with Crippen LogP contribution in [0.3, 0.4) is 0 Å². The summed E-state index contributed by atoms with van der Waals surface area (Å²) >= 11 is 1.73. The van der Waals surface area contributed by atoms with E-state index < -0.39 is 5.97 Å². The molecule has 0 fully saturated rings. The van der Waals surface area contributed by atoms with Gasteiger partial charge in [-0.05, 0) is 48.9 Å². The van der Waals surface area contributed by atoms with Crippen molar-refractivity contribution in [2.24, 2.45) is 0 Å². The van der Waals surface area contributed by atoms with E-state index in [1.807, 2.05) is 31.2 Å². The molecular weight excluding hydrogens is 296 g/mol. The summed E-state index contributed by atoms with van der Waals surface area (Å²) in [6.07, 6.45) is 1.62. The molecule has 1 aliphatic carbocycles. The van der Waals surface area contributed by atoms with E-state index >= 15 is 0 Å². The molecule has 0 saturated carbocycles. The van der Waals surface area contributed by atoms with Crippen LogP contribution in [0.5, 0.6) is 0 Å². The largest absolute Gasteiger partial charge is 0.476 e. The molecule has 110 valence electrons. The molecule has 1 aliphatic rings. The highest BCUT2D eigenvalue weighted by molar-refractivity contribution is 7.10. The number of aryl methyl sites for hydroxylation is 2. The molecule has 0 unspecified atom stereocenters. The lowest BCUT2D eigenvalue weighted by atomic mass is 9.94. The molecule has 1 N–H and O–H groups in total. The van der Waals surface area contributed by atoms with Crippen molar-refractivity contribution in [1.82, 2.24) is 9.78 Å². The summed E-state index contributed by atoms with van der Waals surface area (Å²) in [5.74, 6) is -0.957. The van der Waals surface area contributed by atoms with Crippen LogP contribution in [-0.4, -0.2) is 20.9 Å². The molecule has 2 aromatic heterocycles. The fraction of sp³-hybridized carbons (Fsp3) is 0.176. The quantitative estimate of drug-likeness (QED) is 0.785. The number of benzene rings is 1. The Hall–Kier alpha value is -2.40. The van der Waals surface area contributed by atoms with Crippen LogP contribution >= 0.6 is 11.3 Å². The van der Waals surface area contributed by atoms with Gasteiger partial charge in [0.1, 0.15) is 0 Å². The number of aromatic carboxylic acids is 1. The molecule has 0 aliphatic heterocycles. The Morgan fingerprint density at radius 2 is 2.18 bits per heavy atom. The first kappa shape index (κ1) is 13.3. The third kappa shape index (κ3) is 1.89. The lowest BCUT2D eigenvalue weighted by molar-refractivity contribution is 0.0689. The lowest BCUT2D eigenvalue weighted by Crippen LogP contribution is -2.06. The molecule has 1 aromatic carbocycles. The number of carboxylic acids is 1. The van der Waals surface area contributed by atoms with E-state index in [0.29, 0.717) is 0 Å². The van der Waals surface area contributed by atoms with Gasteiger partial charge in [-0.2, -0.15) is 5.10 Å². The number of thiophene rings is 1. The number of fused-ring (bicyclic) bond motifs is 3. The topological polar surface area (TPSA) is 55.1 Å². The Morgan fingerprint density at radius 1 is 1.32 bits per heavy atom. The molecule has 4 nitrogen and oxygen atoms in total. The van der Waals surface area contributed by atoms with Crippen molar-refractivity contribution >= 4 is 17.3 Å². The predicted octanol–water partition coefficient (Wildman–Crippen LogP) is 3.71. The van der Waals surface area contributed by atoms with E-state index in [1.165, 1.54) is 4.88 Å². The molecule has 0 bridgehead atoms. The van der Waals surface area contributed by atoms with E-state index in [0.717, 1.165) is 40.9 Å². The average molecular weight is 310 g/mol. The van der Waals surface area contributed by atoms with Crippen molar-refractivity contribution in [3.8, 4) is 16.9 Å². The SMILES string of the molecule is Cc1cccc(-n2nc(C(=O)O)c3c2-c2ccsc2CC3)c1. The highest BCUT2D eigenvalue weighted by Crippen LogP contribution is 2.39. The van der Waals surface area contributed by atoms with Crippen LogP contribution in [-0.2, 0) is 12.8 Å². The molecule has 2 heterocycles. The Morgan fingerprint density at radius 3 is 2.95 bits per heavy atom. The lowest BCUT2D eigenvalue weighted by Gasteiger charge is -2.15. The highest BCUT2D eigenvalue weighted by atomic mass is 32.1. The third-order valence-corrected chi connectivity index (χ3v) is 5.02. The van der Waals surface area contributed by atoms with Gasteiger partial charge in [0.25, 0.3) is 0 Å². The van der Waals surface area contributed by atoms with Crippen molar-refractivity contribution in [2.75, 3.05) is 0 Å². The van der Waals surface area contributed by atoms with E-state index in [9.17, 15) is 9.90 Å². The van der Waals surface area contributed by atoms with Crippen molar-refractivity contribution in [3.05, 3.63) is 57.4 Å². The fourth-order valence-corrected chi connectivity index (χ4v) is 3.95. The second-order valence-electron chi connectivity index (χ2n) is 5.49. The van der Waals surface area contributed by atoms with Gasteiger partial charge in [-0.25, -0.2) is 9.48 Å². The van der Waals surface area contributed by atoms with E-state index in [-0.39, 0.29) is 5.69 Å². The van der Waals surface area contributed by atoms with Crippen LogP contribution in [0.2, 0.25) is 0 Å². The summed E-state index contributed by atoms with van der Waals surface area (Å²) in [6.45, 7) is 2.02. The van der Waals surface area contributed by atoms with E-state index in [2.05, 4.69) is 16.5 Å².